The Hall–Kier alpha value is -2.80. The largest absolute Gasteiger partial charge is 1.00 e. The molecule has 3 aromatic carbocycles. The molecule has 18 nitrogen and oxygen atoms in total. The number of benzene rings is 3. The first kappa shape index (κ1) is 43.3. The summed E-state index contributed by atoms with van der Waals surface area (Å²) in [4.78, 5) is 29.5. The van der Waals surface area contributed by atoms with Crippen molar-refractivity contribution in [1.82, 2.24) is 0 Å². The van der Waals surface area contributed by atoms with Crippen LogP contribution in [0.15, 0.2) is 69.3 Å². The van der Waals surface area contributed by atoms with Crippen molar-refractivity contribution in [2.24, 2.45) is 0 Å². The fourth-order valence-corrected chi connectivity index (χ4v) is 4.04. The summed E-state index contributed by atoms with van der Waals surface area (Å²) in [7, 11) is -13.4. The molecule has 0 aromatic heterocycles. The average molecular weight is 699 g/mol. The molecule has 0 unspecified atom stereocenters. The van der Waals surface area contributed by atoms with E-state index in [1.807, 2.05) is 0 Å². The minimum atomic E-state index is -4.48. The number of carboxylic acid groups (broad SMARTS) is 3. The first-order valence-corrected chi connectivity index (χ1v) is 14.4. The van der Waals surface area contributed by atoms with Crippen LogP contribution in [-0.4, -0.2) is 77.2 Å². The van der Waals surface area contributed by atoms with Gasteiger partial charge >= 0.3 is 77.0 Å². The minimum Gasteiger partial charge on any atom is -0.872 e. The third-order valence-corrected chi connectivity index (χ3v) is 7.00. The van der Waals surface area contributed by atoms with Crippen LogP contribution in [0.1, 0.15) is 31.1 Å². The van der Waals surface area contributed by atoms with E-state index in [2.05, 4.69) is 0 Å². The van der Waals surface area contributed by atoms with E-state index < -0.39 is 96.9 Å². The number of aromatic carboxylic acids is 3. The van der Waals surface area contributed by atoms with E-state index in [1.165, 1.54) is 0 Å². The van der Waals surface area contributed by atoms with E-state index in [0.29, 0.717) is 18.2 Å². The van der Waals surface area contributed by atoms with E-state index in [1.54, 1.807) is 0 Å². The summed E-state index contributed by atoms with van der Waals surface area (Å²) in [6.07, 6.45) is 0. The molecule has 0 radical (unpaired) electrons. The smallest absolute Gasteiger partial charge is 0.872 e. The Labute approximate surface area is 292 Å². The Bertz CT molecular complexity index is 1650. The fourth-order valence-electron chi connectivity index (χ4n) is 2.52. The van der Waals surface area contributed by atoms with Gasteiger partial charge in [-0.25, -0.2) is 14.4 Å². The summed E-state index contributed by atoms with van der Waals surface area (Å²) in [6.45, 7) is 0. The Kier molecular flexibility index (Phi) is 16.8. The average Bonchev–Trinajstić information content (AvgIpc) is 2.83. The molecule has 0 heterocycles. The molecule has 7 N–H and O–H groups in total. The zero-order valence-electron chi connectivity index (χ0n) is 22.0. The van der Waals surface area contributed by atoms with Crippen LogP contribution in [0.2, 0.25) is 0 Å². The van der Waals surface area contributed by atoms with Crippen LogP contribution in [0.25, 0.3) is 0 Å². The van der Waals surface area contributed by atoms with Crippen LogP contribution in [0.3, 0.4) is 0 Å². The second-order valence-electron chi connectivity index (χ2n) is 7.34. The molecule has 0 aliphatic rings. The Morgan fingerprint density at radius 3 is 1.00 bits per heavy atom. The number of rotatable bonds is 6. The van der Waals surface area contributed by atoms with Crippen molar-refractivity contribution in [3.8, 4) is 17.2 Å². The van der Waals surface area contributed by atoms with Crippen LogP contribution < -0.4 is 69.3 Å². The number of aromatic hydroxyl groups is 1. The molecule has 3 aromatic rings. The van der Waals surface area contributed by atoms with Gasteiger partial charge in [0, 0.05) is 0 Å². The number of carboxylic acids is 3. The number of hydrogen-bond donors (Lipinski definition) is 7. The van der Waals surface area contributed by atoms with Gasteiger partial charge in [0.25, 0.3) is 30.4 Å². The molecule has 0 saturated heterocycles. The van der Waals surface area contributed by atoms with Crippen molar-refractivity contribution in [2.45, 2.75) is 14.7 Å². The first-order chi connectivity index (χ1) is 19.0. The van der Waals surface area contributed by atoms with Gasteiger partial charge in [-0.1, -0.05) is 23.6 Å². The fraction of sp³-hybridized carbons (Fsp3) is 0. The normalized spacial score (nSPS) is 10.7. The maximum Gasteiger partial charge on any atom is 1.00 e. The van der Waals surface area contributed by atoms with Crippen LogP contribution in [0, 0.1) is 0 Å². The second-order valence-corrected chi connectivity index (χ2v) is 11.6. The SMILES string of the molecule is O=C(O)c1cc(S(=O)(=O)O)ccc1O.O=C(O)c1cc(S(=O)(=O)O)ccc1[O-].O=C(O)c1cc(S(=O)(=O)O)ccc1[O-].[Na+].[Na+]. The summed E-state index contributed by atoms with van der Waals surface area (Å²) in [5.41, 5.74) is -1.97. The van der Waals surface area contributed by atoms with Crippen LogP contribution in [-0.2, 0) is 30.4 Å². The molecule has 0 amide bonds. The summed E-state index contributed by atoms with van der Waals surface area (Å²) >= 11 is 0. The van der Waals surface area contributed by atoms with Crippen molar-refractivity contribution in [2.75, 3.05) is 0 Å². The van der Waals surface area contributed by atoms with Crippen molar-refractivity contribution in [3.05, 3.63) is 71.3 Å². The minimum absolute atomic E-state index is 0. The van der Waals surface area contributed by atoms with Gasteiger partial charge in [0.2, 0.25) is 0 Å². The maximum atomic E-state index is 10.9. The van der Waals surface area contributed by atoms with E-state index in [0.717, 1.165) is 36.4 Å². The molecular formula is C21H16Na2O18S3. The van der Waals surface area contributed by atoms with Gasteiger partial charge in [-0.15, -0.1) is 0 Å². The third-order valence-electron chi connectivity index (χ3n) is 4.45. The third kappa shape index (κ3) is 13.1. The van der Waals surface area contributed by atoms with E-state index >= 15 is 0 Å². The van der Waals surface area contributed by atoms with Crippen molar-refractivity contribution in [1.29, 1.82) is 0 Å². The monoisotopic (exact) mass is 698 g/mol. The van der Waals surface area contributed by atoms with Gasteiger partial charge < -0.3 is 30.6 Å². The van der Waals surface area contributed by atoms with Gasteiger partial charge in [0.15, 0.2) is 0 Å². The molecular weight excluding hydrogens is 682 g/mol. The predicted molar refractivity (Wildman–Crippen MR) is 130 cm³/mol. The Morgan fingerprint density at radius 2 is 0.750 bits per heavy atom. The molecule has 0 aliphatic heterocycles. The quantitative estimate of drug-likeness (QED) is 0.0929. The molecule has 0 spiro atoms. The van der Waals surface area contributed by atoms with Crippen molar-refractivity contribution in [3.63, 3.8) is 0 Å². The number of carbonyl (C=O) groups is 3. The van der Waals surface area contributed by atoms with Crippen molar-refractivity contribution >= 4 is 48.3 Å². The molecule has 0 bridgehead atoms. The predicted octanol–water partition coefficient (Wildman–Crippen LogP) is -6.24. The summed E-state index contributed by atoms with van der Waals surface area (Å²) < 4.78 is 89.2. The molecule has 0 aliphatic carbocycles. The molecule has 0 atom stereocenters. The maximum absolute atomic E-state index is 10.9. The second kappa shape index (κ2) is 17.0. The first-order valence-electron chi connectivity index (χ1n) is 10.0. The molecule has 0 fully saturated rings. The van der Waals surface area contributed by atoms with Gasteiger partial charge in [-0.3, -0.25) is 13.7 Å². The number of hydrogen-bond acceptors (Lipinski definition) is 12. The standard InChI is InChI=1S/3C7H6O6S.2Na/c3*8-6-2-1-4(14(11,12)13)3-5(6)7(9)10;;/h3*1-3,8H,(H,9,10)(H,11,12,13);;/q;;;2*+1/p-2. The van der Waals surface area contributed by atoms with Crippen molar-refractivity contribution < 1.29 is 143 Å². The number of phenols is 1. The molecule has 0 saturated carbocycles. The summed E-state index contributed by atoms with van der Waals surface area (Å²) in [6, 6.07) is 6.89. The van der Waals surface area contributed by atoms with E-state index in [4.69, 9.17) is 34.1 Å². The zero-order valence-corrected chi connectivity index (χ0v) is 28.5. The van der Waals surface area contributed by atoms with E-state index in [9.17, 15) is 49.9 Å². The zero-order chi connectivity index (χ0) is 32.8. The summed E-state index contributed by atoms with van der Waals surface area (Å²) in [5, 5.41) is 56.3. The Balaban J connectivity index is 0. The van der Waals surface area contributed by atoms with Gasteiger partial charge in [0.05, 0.1) is 25.8 Å². The van der Waals surface area contributed by atoms with Crippen LogP contribution in [0.5, 0.6) is 17.2 Å². The van der Waals surface area contributed by atoms with Gasteiger partial charge in [-0.05, 0) is 42.5 Å². The molecule has 23 heteroatoms. The van der Waals surface area contributed by atoms with Crippen LogP contribution >= 0.6 is 0 Å². The molecule has 44 heavy (non-hydrogen) atoms. The Morgan fingerprint density at radius 1 is 0.500 bits per heavy atom. The van der Waals surface area contributed by atoms with Gasteiger partial charge in [-0.2, -0.15) is 25.3 Å². The van der Waals surface area contributed by atoms with Crippen LogP contribution in [0.4, 0.5) is 0 Å². The molecule has 3 rings (SSSR count). The van der Waals surface area contributed by atoms with E-state index in [-0.39, 0.29) is 59.1 Å². The molecule has 228 valence electrons. The summed E-state index contributed by atoms with van der Waals surface area (Å²) in [5.74, 6) is -6.76. The van der Waals surface area contributed by atoms with Gasteiger partial charge in [0.1, 0.15) is 11.3 Å². The topological polar surface area (TPSA) is 341 Å².